The first-order valence-corrected chi connectivity index (χ1v) is 4.54. The van der Waals surface area contributed by atoms with Crippen LogP contribution in [0.15, 0.2) is 29.4 Å². The van der Waals surface area contributed by atoms with E-state index in [1.54, 1.807) is 24.3 Å². The molecule has 0 atom stereocenters. The summed E-state index contributed by atoms with van der Waals surface area (Å²) in [5, 5.41) is 6.23. The van der Waals surface area contributed by atoms with Crippen molar-refractivity contribution in [2.24, 2.45) is 10.8 Å². The van der Waals surface area contributed by atoms with Crippen LogP contribution in [-0.4, -0.2) is 18.2 Å². The molecule has 0 bridgehead atoms. The number of rotatable bonds is 3. The minimum Gasteiger partial charge on any atom is -0.350 e. The van der Waals surface area contributed by atoms with Gasteiger partial charge in [-0.3, -0.25) is 4.79 Å². The lowest BCUT2D eigenvalue weighted by Gasteiger charge is -2.01. The van der Waals surface area contributed by atoms with Crippen molar-refractivity contribution in [3.8, 4) is 0 Å². The van der Waals surface area contributed by atoms with Crippen molar-refractivity contribution < 1.29 is 9.59 Å². The van der Waals surface area contributed by atoms with Gasteiger partial charge in [0.25, 0.3) is 0 Å². The van der Waals surface area contributed by atoms with Crippen LogP contribution in [0, 0.1) is 0 Å². The van der Waals surface area contributed by atoms with Gasteiger partial charge in [-0.15, -0.1) is 0 Å². The average molecular weight is 220 g/mol. The van der Waals surface area contributed by atoms with Crippen molar-refractivity contribution in [1.82, 2.24) is 5.43 Å². The third-order valence-corrected chi connectivity index (χ3v) is 1.62. The van der Waals surface area contributed by atoms with Crippen LogP contribution in [0.4, 0.5) is 10.5 Å². The molecule has 0 spiro atoms. The molecule has 0 heterocycles. The van der Waals surface area contributed by atoms with E-state index in [9.17, 15) is 9.59 Å². The summed E-state index contributed by atoms with van der Waals surface area (Å²) < 4.78 is 0. The fourth-order valence-electron chi connectivity index (χ4n) is 1.03. The van der Waals surface area contributed by atoms with E-state index in [0.717, 1.165) is 5.56 Å². The second-order valence-corrected chi connectivity index (χ2v) is 3.04. The number of carbonyl (C=O) groups excluding carboxylic acids is 2. The Morgan fingerprint density at radius 1 is 1.31 bits per heavy atom. The predicted molar refractivity (Wildman–Crippen MR) is 61.1 cm³/mol. The van der Waals surface area contributed by atoms with E-state index in [4.69, 9.17) is 5.73 Å². The summed E-state index contributed by atoms with van der Waals surface area (Å²) >= 11 is 0. The zero-order chi connectivity index (χ0) is 12.0. The van der Waals surface area contributed by atoms with Crippen LogP contribution in [0.5, 0.6) is 0 Å². The molecule has 0 aliphatic carbocycles. The third kappa shape index (κ3) is 4.23. The normalized spacial score (nSPS) is 10.1. The molecular weight excluding hydrogens is 208 g/mol. The summed E-state index contributed by atoms with van der Waals surface area (Å²) in [6.45, 7) is 1.44. The highest BCUT2D eigenvalue weighted by Crippen LogP contribution is 2.07. The molecule has 1 rings (SSSR count). The third-order valence-electron chi connectivity index (χ3n) is 1.62. The van der Waals surface area contributed by atoms with Crippen LogP contribution in [0.2, 0.25) is 0 Å². The van der Waals surface area contributed by atoms with Crippen molar-refractivity contribution >= 4 is 23.8 Å². The molecule has 0 aromatic heterocycles. The summed E-state index contributed by atoms with van der Waals surface area (Å²) in [4.78, 5) is 21.1. The van der Waals surface area contributed by atoms with Gasteiger partial charge < -0.3 is 11.1 Å². The number of nitrogens with two attached hydrogens (primary N) is 1. The number of anilines is 1. The Balaban J connectivity index is 2.60. The fourth-order valence-corrected chi connectivity index (χ4v) is 1.03. The number of carbonyl (C=O) groups is 2. The topological polar surface area (TPSA) is 96.6 Å². The lowest BCUT2D eigenvalue weighted by Crippen LogP contribution is -2.24. The molecule has 6 heteroatoms. The summed E-state index contributed by atoms with van der Waals surface area (Å²) in [6.07, 6.45) is 1.45. The standard InChI is InChI=1S/C10H12N4O2/c1-7(15)13-9-4-2-8(3-5-9)6-12-14-10(11)16/h2-6H,1H3,(H,13,15)(H3,11,14,16)/b12-6-. The summed E-state index contributed by atoms with van der Waals surface area (Å²) in [7, 11) is 0. The van der Waals surface area contributed by atoms with E-state index in [0.29, 0.717) is 5.69 Å². The number of primary amides is 1. The number of hydrazone groups is 1. The lowest BCUT2D eigenvalue weighted by molar-refractivity contribution is -0.114. The summed E-state index contributed by atoms with van der Waals surface area (Å²) in [6, 6.07) is 6.24. The molecule has 0 aliphatic rings. The second kappa shape index (κ2) is 5.50. The molecule has 16 heavy (non-hydrogen) atoms. The smallest absolute Gasteiger partial charge is 0.332 e. The first kappa shape index (κ1) is 11.7. The minimum atomic E-state index is -0.717. The Bertz CT molecular complexity index is 411. The molecule has 4 N–H and O–H groups in total. The van der Waals surface area contributed by atoms with Gasteiger partial charge in [-0.05, 0) is 17.7 Å². The molecule has 3 amide bonds. The summed E-state index contributed by atoms with van der Waals surface area (Å²) in [5.74, 6) is -0.128. The predicted octanol–water partition coefficient (Wildman–Crippen LogP) is 0.647. The van der Waals surface area contributed by atoms with Gasteiger partial charge in [0.15, 0.2) is 0 Å². The maximum atomic E-state index is 10.7. The van der Waals surface area contributed by atoms with Crippen LogP contribution < -0.4 is 16.5 Å². The van der Waals surface area contributed by atoms with E-state index < -0.39 is 6.03 Å². The van der Waals surface area contributed by atoms with Crippen molar-refractivity contribution in [2.75, 3.05) is 5.32 Å². The molecule has 0 saturated heterocycles. The quantitative estimate of drug-likeness (QED) is 0.515. The number of hydrogen-bond acceptors (Lipinski definition) is 3. The van der Waals surface area contributed by atoms with Crippen molar-refractivity contribution in [3.05, 3.63) is 29.8 Å². The van der Waals surface area contributed by atoms with Crippen LogP contribution in [0.3, 0.4) is 0 Å². The Morgan fingerprint density at radius 3 is 2.44 bits per heavy atom. The van der Waals surface area contributed by atoms with Gasteiger partial charge in [-0.1, -0.05) is 12.1 Å². The number of benzene rings is 1. The molecule has 84 valence electrons. The van der Waals surface area contributed by atoms with Crippen LogP contribution in [-0.2, 0) is 4.79 Å². The van der Waals surface area contributed by atoms with Crippen LogP contribution >= 0.6 is 0 Å². The molecule has 1 aromatic carbocycles. The highest BCUT2D eigenvalue weighted by atomic mass is 16.2. The monoisotopic (exact) mass is 220 g/mol. The maximum Gasteiger partial charge on any atom is 0.332 e. The Kier molecular flexibility index (Phi) is 4.02. The molecule has 0 radical (unpaired) electrons. The number of nitrogens with one attached hydrogen (secondary N) is 2. The molecule has 6 nitrogen and oxygen atoms in total. The Morgan fingerprint density at radius 2 is 1.94 bits per heavy atom. The molecule has 1 aromatic rings. The first-order chi connectivity index (χ1) is 7.58. The van der Waals surface area contributed by atoms with Gasteiger partial charge >= 0.3 is 6.03 Å². The molecule has 0 fully saturated rings. The maximum absolute atomic E-state index is 10.7. The zero-order valence-corrected chi connectivity index (χ0v) is 8.73. The lowest BCUT2D eigenvalue weighted by atomic mass is 10.2. The fraction of sp³-hybridized carbons (Fsp3) is 0.100. The van der Waals surface area contributed by atoms with Crippen molar-refractivity contribution in [1.29, 1.82) is 0 Å². The second-order valence-electron chi connectivity index (χ2n) is 3.04. The van der Waals surface area contributed by atoms with Gasteiger partial charge in [0, 0.05) is 12.6 Å². The highest BCUT2D eigenvalue weighted by Gasteiger charge is 1.94. The minimum absolute atomic E-state index is 0.128. The SMILES string of the molecule is CC(=O)Nc1ccc(/C=N\NC(N)=O)cc1. The number of nitrogens with zero attached hydrogens (tertiary/aromatic N) is 1. The Labute approximate surface area is 92.5 Å². The number of urea groups is 1. The van der Waals surface area contributed by atoms with Gasteiger partial charge in [0.2, 0.25) is 5.91 Å². The van der Waals surface area contributed by atoms with Gasteiger partial charge in [0.1, 0.15) is 0 Å². The average Bonchev–Trinajstić information content (AvgIpc) is 2.19. The zero-order valence-electron chi connectivity index (χ0n) is 8.73. The van der Waals surface area contributed by atoms with E-state index in [2.05, 4.69) is 15.8 Å². The summed E-state index contributed by atoms with van der Waals surface area (Å²) in [5.41, 5.74) is 8.39. The number of hydrogen-bond donors (Lipinski definition) is 3. The van der Waals surface area contributed by atoms with E-state index >= 15 is 0 Å². The van der Waals surface area contributed by atoms with E-state index in [-0.39, 0.29) is 5.91 Å². The number of amides is 3. The molecule has 0 unspecified atom stereocenters. The van der Waals surface area contributed by atoms with Gasteiger partial charge in [0.05, 0.1) is 6.21 Å². The van der Waals surface area contributed by atoms with Crippen molar-refractivity contribution in [3.63, 3.8) is 0 Å². The molecular formula is C10H12N4O2. The van der Waals surface area contributed by atoms with Crippen LogP contribution in [0.1, 0.15) is 12.5 Å². The van der Waals surface area contributed by atoms with E-state index in [1.165, 1.54) is 13.1 Å². The van der Waals surface area contributed by atoms with Gasteiger partial charge in [-0.25, -0.2) is 10.2 Å². The van der Waals surface area contributed by atoms with Crippen molar-refractivity contribution in [2.45, 2.75) is 6.92 Å². The largest absolute Gasteiger partial charge is 0.350 e. The first-order valence-electron chi connectivity index (χ1n) is 4.54. The molecule has 0 saturated carbocycles. The van der Waals surface area contributed by atoms with Gasteiger partial charge in [-0.2, -0.15) is 5.10 Å². The Hall–Kier alpha value is -2.37. The highest BCUT2D eigenvalue weighted by molar-refractivity contribution is 5.89. The molecule has 0 aliphatic heterocycles. The van der Waals surface area contributed by atoms with E-state index in [1.807, 2.05) is 0 Å². The van der Waals surface area contributed by atoms with Crippen LogP contribution in [0.25, 0.3) is 0 Å².